The molecule has 0 atom stereocenters. The highest BCUT2D eigenvalue weighted by Crippen LogP contribution is 2.22. The first-order valence-corrected chi connectivity index (χ1v) is 10.2. The average molecular weight is 315 g/mol. The molecule has 5 heteroatoms. The lowest BCUT2D eigenvalue weighted by molar-refractivity contribution is 0.296. The Hall–Kier alpha value is 0.320. The molecule has 3 heterocycles. The van der Waals surface area contributed by atoms with E-state index in [1.165, 1.54) is 62.3 Å². The van der Waals surface area contributed by atoms with E-state index in [0.29, 0.717) is 0 Å². The molecule has 0 unspecified atom stereocenters. The van der Waals surface area contributed by atoms with Crippen LogP contribution < -0.4 is 0 Å². The first kappa shape index (κ1) is 14.3. The van der Waals surface area contributed by atoms with Crippen molar-refractivity contribution in [3.63, 3.8) is 0 Å². The number of nitrogens with zero attached hydrogens (tertiary/aromatic N) is 2. The van der Waals surface area contributed by atoms with E-state index in [-0.39, 0.29) is 0 Å². The van der Waals surface area contributed by atoms with Gasteiger partial charge >= 0.3 is 0 Å². The van der Waals surface area contributed by atoms with Gasteiger partial charge in [0.25, 0.3) is 0 Å². The van der Waals surface area contributed by atoms with Gasteiger partial charge in [-0.15, -0.1) is 11.3 Å². The molecule has 0 aromatic carbocycles. The first-order chi connectivity index (χ1) is 9.40. The number of thioether (sulfide) groups is 2. The molecule has 3 rings (SSSR count). The molecule has 0 aliphatic carbocycles. The summed E-state index contributed by atoms with van der Waals surface area (Å²) in [5.74, 6) is 5.24. The summed E-state index contributed by atoms with van der Waals surface area (Å²) in [6, 6.07) is 4.70. The van der Waals surface area contributed by atoms with E-state index in [0.717, 1.165) is 0 Å². The molecule has 1 aromatic heterocycles. The van der Waals surface area contributed by atoms with Gasteiger partial charge in [0.2, 0.25) is 0 Å². The van der Waals surface area contributed by atoms with Crippen LogP contribution in [0.5, 0.6) is 0 Å². The molecular weight excluding hydrogens is 292 g/mol. The van der Waals surface area contributed by atoms with Crippen LogP contribution in [0.25, 0.3) is 0 Å². The van der Waals surface area contributed by atoms with Crippen LogP contribution in [0, 0.1) is 0 Å². The van der Waals surface area contributed by atoms with Gasteiger partial charge in [-0.2, -0.15) is 23.5 Å². The minimum atomic E-state index is 1.17. The van der Waals surface area contributed by atoms with Crippen LogP contribution in [0.1, 0.15) is 9.75 Å². The van der Waals surface area contributed by atoms with E-state index in [4.69, 9.17) is 0 Å². The third kappa shape index (κ3) is 4.39. The maximum atomic E-state index is 2.60. The number of hydrogen-bond acceptors (Lipinski definition) is 5. The van der Waals surface area contributed by atoms with E-state index in [1.807, 2.05) is 11.3 Å². The molecule has 0 N–H and O–H groups in total. The summed E-state index contributed by atoms with van der Waals surface area (Å²) in [7, 11) is 0. The molecule has 0 spiro atoms. The van der Waals surface area contributed by atoms with Crippen molar-refractivity contribution in [2.24, 2.45) is 0 Å². The molecule has 0 amide bonds. The van der Waals surface area contributed by atoms with Gasteiger partial charge < -0.3 is 0 Å². The van der Waals surface area contributed by atoms with Gasteiger partial charge in [0.1, 0.15) is 0 Å². The van der Waals surface area contributed by atoms with E-state index < -0.39 is 0 Å². The normalized spacial score (nSPS) is 22.7. The number of thiophene rings is 1. The molecule has 1 aromatic rings. The van der Waals surface area contributed by atoms with Crippen LogP contribution in [-0.4, -0.2) is 59.0 Å². The summed E-state index contributed by atoms with van der Waals surface area (Å²) < 4.78 is 0. The van der Waals surface area contributed by atoms with Gasteiger partial charge in [-0.05, 0) is 12.1 Å². The van der Waals surface area contributed by atoms with Crippen LogP contribution in [-0.2, 0) is 13.1 Å². The number of hydrogen-bond donors (Lipinski definition) is 0. The van der Waals surface area contributed by atoms with Crippen molar-refractivity contribution in [2.45, 2.75) is 13.1 Å². The fourth-order valence-electron chi connectivity index (χ4n) is 2.55. The van der Waals surface area contributed by atoms with Gasteiger partial charge in [0.05, 0.1) is 0 Å². The zero-order valence-electron chi connectivity index (χ0n) is 11.3. The second-order valence-electron chi connectivity index (χ2n) is 5.15. The van der Waals surface area contributed by atoms with Crippen LogP contribution >= 0.6 is 34.9 Å². The Balaban J connectivity index is 1.50. The third-order valence-electron chi connectivity index (χ3n) is 3.68. The summed E-state index contributed by atoms with van der Waals surface area (Å²) in [4.78, 5) is 8.30. The third-order valence-corrected chi connectivity index (χ3v) is 6.62. The maximum Gasteiger partial charge on any atom is 0.0328 e. The zero-order chi connectivity index (χ0) is 12.9. The Bertz CT molecular complexity index is 347. The maximum absolute atomic E-state index is 2.60. The van der Waals surface area contributed by atoms with Crippen molar-refractivity contribution < 1.29 is 0 Å². The Morgan fingerprint density at radius 1 is 0.737 bits per heavy atom. The van der Waals surface area contributed by atoms with Crippen LogP contribution in [0.4, 0.5) is 0 Å². The monoisotopic (exact) mass is 314 g/mol. The first-order valence-electron chi connectivity index (χ1n) is 7.08. The van der Waals surface area contributed by atoms with Crippen molar-refractivity contribution in [2.75, 3.05) is 49.2 Å². The van der Waals surface area contributed by atoms with Crippen molar-refractivity contribution in [1.29, 1.82) is 0 Å². The Kier molecular flexibility index (Phi) is 5.53. The van der Waals surface area contributed by atoms with Crippen molar-refractivity contribution in [3.05, 3.63) is 21.9 Å². The molecule has 106 valence electrons. The topological polar surface area (TPSA) is 6.48 Å². The summed E-state index contributed by atoms with van der Waals surface area (Å²) in [5.41, 5.74) is 0. The van der Waals surface area contributed by atoms with E-state index in [9.17, 15) is 0 Å². The van der Waals surface area contributed by atoms with Crippen molar-refractivity contribution >= 4 is 34.9 Å². The second-order valence-corrected chi connectivity index (χ2v) is 8.85. The van der Waals surface area contributed by atoms with Gasteiger partial charge in [-0.3, -0.25) is 9.80 Å². The lowest BCUT2D eigenvalue weighted by Gasteiger charge is -2.26. The van der Waals surface area contributed by atoms with Crippen LogP contribution in [0.15, 0.2) is 12.1 Å². The summed E-state index contributed by atoms with van der Waals surface area (Å²) in [5, 5.41) is 0. The fourth-order valence-corrected chi connectivity index (χ4v) is 5.61. The molecule has 2 saturated heterocycles. The van der Waals surface area contributed by atoms with Crippen LogP contribution in [0.3, 0.4) is 0 Å². The van der Waals surface area contributed by atoms with Crippen molar-refractivity contribution in [3.8, 4) is 0 Å². The van der Waals surface area contributed by atoms with E-state index >= 15 is 0 Å². The summed E-state index contributed by atoms with van der Waals surface area (Å²) >= 11 is 6.20. The highest BCUT2D eigenvalue weighted by Gasteiger charge is 2.14. The predicted molar refractivity (Wildman–Crippen MR) is 89.5 cm³/mol. The van der Waals surface area contributed by atoms with Gasteiger partial charge in [-0.1, -0.05) is 0 Å². The summed E-state index contributed by atoms with van der Waals surface area (Å²) in [6.07, 6.45) is 0. The zero-order valence-corrected chi connectivity index (χ0v) is 13.8. The standard InChI is InChI=1S/C14H22N2S3/c1-2-14(12-16-5-9-18-10-6-16)19-13(1)11-15-3-7-17-8-4-15/h1-2H,3-12H2. The molecule has 19 heavy (non-hydrogen) atoms. The molecule has 0 radical (unpaired) electrons. The van der Waals surface area contributed by atoms with Crippen molar-refractivity contribution in [1.82, 2.24) is 9.80 Å². The quantitative estimate of drug-likeness (QED) is 0.843. The highest BCUT2D eigenvalue weighted by molar-refractivity contribution is 7.99. The molecule has 2 aliphatic rings. The fraction of sp³-hybridized carbons (Fsp3) is 0.714. The van der Waals surface area contributed by atoms with Crippen LogP contribution in [0.2, 0.25) is 0 Å². The number of rotatable bonds is 4. The molecule has 0 saturated carbocycles. The molecule has 0 bridgehead atoms. The minimum Gasteiger partial charge on any atom is -0.297 e. The van der Waals surface area contributed by atoms with Gasteiger partial charge in [0, 0.05) is 72.0 Å². The van der Waals surface area contributed by atoms with Gasteiger partial charge in [-0.25, -0.2) is 0 Å². The molecule has 2 nitrogen and oxygen atoms in total. The van der Waals surface area contributed by atoms with E-state index in [2.05, 4.69) is 45.5 Å². The predicted octanol–water partition coefficient (Wildman–Crippen LogP) is 2.85. The Morgan fingerprint density at radius 2 is 1.16 bits per heavy atom. The second kappa shape index (κ2) is 7.36. The SMILES string of the molecule is c1cc(CN2CCSCC2)sc1CN1CCSCC1. The average Bonchev–Trinajstić information content (AvgIpc) is 2.88. The highest BCUT2D eigenvalue weighted by atomic mass is 32.2. The smallest absolute Gasteiger partial charge is 0.0328 e. The Morgan fingerprint density at radius 3 is 1.58 bits per heavy atom. The van der Waals surface area contributed by atoms with Gasteiger partial charge in [0.15, 0.2) is 0 Å². The summed E-state index contributed by atoms with van der Waals surface area (Å²) in [6.45, 7) is 7.40. The molecule has 2 aliphatic heterocycles. The Labute approximate surface area is 128 Å². The largest absolute Gasteiger partial charge is 0.297 e. The molecule has 2 fully saturated rings. The molecular formula is C14H22N2S3. The minimum absolute atomic E-state index is 1.17. The van der Waals surface area contributed by atoms with E-state index in [1.54, 1.807) is 9.75 Å². The lowest BCUT2D eigenvalue weighted by Crippen LogP contribution is -2.31. The lowest BCUT2D eigenvalue weighted by atomic mass is 10.3.